The molecule has 3 nitrogen and oxygen atoms in total. The maximum absolute atomic E-state index is 11.5. The molecule has 0 aromatic carbocycles. The Bertz CT molecular complexity index is 217. The first-order valence-electron chi connectivity index (χ1n) is 5.12. The van der Waals surface area contributed by atoms with E-state index < -0.39 is 0 Å². The van der Waals surface area contributed by atoms with Crippen molar-refractivity contribution in [3.05, 3.63) is 0 Å². The Balaban J connectivity index is 1.94. The maximum Gasteiger partial charge on any atom is 0.323 e. The summed E-state index contributed by atoms with van der Waals surface area (Å²) in [5.74, 6) is 0.839. The van der Waals surface area contributed by atoms with Crippen molar-refractivity contribution in [3.63, 3.8) is 0 Å². The first kappa shape index (κ1) is 9.00. The zero-order valence-electron chi connectivity index (χ0n) is 8.32. The molecule has 1 heterocycles. The van der Waals surface area contributed by atoms with Crippen molar-refractivity contribution in [1.29, 1.82) is 0 Å². The average molecular weight is 183 g/mol. The van der Waals surface area contributed by atoms with Gasteiger partial charge in [0.25, 0.3) is 0 Å². The number of piperidine rings is 1. The normalized spacial score (nSPS) is 38.2. The summed E-state index contributed by atoms with van der Waals surface area (Å²) in [6.07, 6.45) is 3.47. The molecule has 2 rings (SSSR count). The number of carbonyl (C=O) groups excluding carboxylic acids is 1. The molecule has 0 amide bonds. The molecule has 0 spiro atoms. The molecule has 3 heteroatoms. The molecule has 13 heavy (non-hydrogen) atoms. The zero-order valence-corrected chi connectivity index (χ0v) is 8.32. The van der Waals surface area contributed by atoms with Gasteiger partial charge in [0.05, 0.1) is 6.61 Å². The predicted molar refractivity (Wildman–Crippen MR) is 49.3 cm³/mol. The third-order valence-corrected chi connectivity index (χ3v) is 3.27. The lowest BCUT2D eigenvalue weighted by atomic mass is 10.0. The highest BCUT2D eigenvalue weighted by Gasteiger charge is 2.48. The van der Waals surface area contributed by atoms with Crippen molar-refractivity contribution in [1.82, 2.24) is 4.90 Å². The molecule has 2 aliphatic rings. The van der Waals surface area contributed by atoms with Crippen molar-refractivity contribution in [2.45, 2.75) is 38.3 Å². The monoisotopic (exact) mass is 183 g/mol. The molecule has 1 saturated heterocycles. The Labute approximate surface area is 79.0 Å². The van der Waals surface area contributed by atoms with Crippen LogP contribution < -0.4 is 0 Å². The third kappa shape index (κ3) is 1.57. The van der Waals surface area contributed by atoms with Crippen LogP contribution >= 0.6 is 0 Å². The van der Waals surface area contributed by atoms with Crippen molar-refractivity contribution in [3.8, 4) is 0 Å². The summed E-state index contributed by atoms with van der Waals surface area (Å²) in [6, 6.07) is 0.701. The van der Waals surface area contributed by atoms with Gasteiger partial charge in [-0.2, -0.15) is 0 Å². The van der Waals surface area contributed by atoms with E-state index in [1.54, 1.807) is 0 Å². The Morgan fingerprint density at radius 2 is 2.31 bits per heavy atom. The molecule has 0 radical (unpaired) electrons. The number of hydrogen-bond acceptors (Lipinski definition) is 3. The molecule has 0 aromatic heterocycles. The van der Waals surface area contributed by atoms with Gasteiger partial charge in [-0.15, -0.1) is 0 Å². The minimum atomic E-state index is -0.0321. The standard InChI is InChI=1S/C10H17NO2/c1-3-13-10(12)8-5-4-7-6-9(7)11(8)2/h7-9H,3-6H2,1-2H3/t7?,8-,9?/m0/s1. The fourth-order valence-electron chi connectivity index (χ4n) is 2.37. The lowest BCUT2D eigenvalue weighted by molar-refractivity contribution is -0.150. The van der Waals surface area contributed by atoms with E-state index in [-0.39, 0.29) is 12.0 Å². The fraction of sp³-hybridized carbons (Fsp3) is 0.900. The molecule has 3 atom stereocenters. The Morgan fingerprint density at radius 1 is 1.54 bits per heavy atom. The van der Waals surface area contributed by atoms with E-state index in [1.165, 1.54) is 12.8 Å². The molecule has 2 fully saturated rings. The highest BCUT2D eigenvalue weighted by atomic mass is 16.5. The minimum absolute atomic E-state index is 0.0312. The van der Waals surface area contributed by atoms with Crippen molar-refractivity contribution in [2.75, 3.05) is 13.7 Å². The highest BCUT2D eigenvalue weighted by Crippen LogP contribution is 2.44. The van der Waals surface area contributed by atoms with E-state index in [2.05, 4.69) is 4.90 Å². The van der Waals surface area contributed by atoms with Gasteiger partial charge in [0, 0.05) is 6.04 Å². The van der Waals surface area contributed by atoms with E-state index in [0.29, 0.717) is 12.6 Å². The number of carbonyl (C=O) groups is 1. The second-order valence-corrected chi connectivity index (χ2v) is 4.07. The van der Waals surface area contributed by atoms with Crippen LogP contribution in [0.1, 0.15) is 26.2 Å². The minimum Gasteiger partial charge on any atom is -0.465 e. The Morgan fingerprint density at radius 3 is 3.00 bits per heavy atom. The van der Waals surface area contributed by atoms with E-state index in [0.717, 1.165) is 12.3 Å². The number of rotatable bonds is 2. The number of likely N-dealkylation sites (N-methyl/N-ethyl adjacent to an activating group) is 1. The van der Waals surface area contributed by atoms with Gasteiger partial charge in [-0.3, -0.25) is 9.69 Å². The van der Waals surface area contributed by atoms with Gasteiger partial charge in [0.2, 0.25) is 0 Å². The molecule has 0 aromatic rings. The lowest BCUT2D eigenvalue weighted by Gasteiger charge is -2.30. The molecule has 1 aliphatic heterocycles. The van der Waals surface area contributed by atoms with E-state index in [4.69, 9.17) is 4.74 Å². The topological polar surface area (TPSA) is 29.5 Å². The van der Waals surface area contributed by atoms with Crippen LogP contribution in [0.4, 0.5) is 0 Å². The third-order valence-electron chi connectivity index (χ3n) is 3.27. The summed E-state index contributed by atoms with van der Waals surface area (Å²) >= 11 is 0. The zero-order chi connectivity index (χ0) is 9.42. The van der Waals surface area contributed by atoms with Gasteiger partial charge < -0.3 is 4.74 Å². The molecule has 74 valence electrons. The van der Waals surface area contributed by atoms with Crippen molar-refractivity contribution in [2.24, 2.45) is 5.92 Å². The molecular formula is C10H17NO2. The summed E-state index contributed by atoms with van der Waals surface area (Å²) in [6.45, 7) is 2.36. The van der Waals surface area contributed by atoms with Crippen LogP contribution in [0.5, 0.6) is 0 Å². The second-order valence-electron chi connectivity index (χ2n) is 4.07. The molecule has 0 bridgehead atoms. The maximum atomic E-state index is 11.5. The van der Waals surface area contributed by atoms with Crippen molar-refractivity contribution < 1.29 is 9.53 Å². The van der Waals surface area contributed by atoms with Crippen molar-refractivity contribution >= 4 is 5.97 Å². The van der Waals surface area contributed by atoms with Gasteiger partial charge in [-0.1, -0.05) is 0 Å². The van der Waals surface area contributed by atoms with Crippen LogP contribution in [0.2, 0.25) is 0 Å². The van der Waals surface area contributed by atoms with Crippen LogP contribution in [-0.2, 0) is 9.53 Å². The SMILES string of the molecule is CCOC(=O)[C@@H]1CCC2CC2N1C. The number of nitrogens with zero attached hydrogens (tertiary/aromatic N) is 1. The van der Waals surface area contributed by atoms with Gasteiger partial charge >= 0.3 is 5.97 Å². The summed E-state index contributed by atoms with van der Waals surface area (Å²) in [7, 11) is 2.05. The molecule has 2 unspecified atom stereocenters. The van der Waals surface area contributed by atoms with Crippen LogP contribution in [0, 0.1) is 5.92 Å². The molecular weight excluding hydrogens is 166 g/mol. The Hall–Kier alpha value is -0.570. The van der Waals surface area contributed by atoms with Crippen LogP contribution in [-0.4, -0.2) is 36.6 Å². The number of hydrogen-bond donors (Lipinski definition) is 0. The van der Waals surface area contributed by atoms with Gasteiger partial charge in [0.1, 0.15) is 6.04 Å². The summed E-state index contributed by atoms with van der Waals surface area (Å²) in [5, 5.41) is 0. The molecule has 1 aliphatic carbocycles. The summed E-state index contributed by atoms with van der Waals surface area (Å²) in [5.41, 5.74) is 0. The van der Waals surface area contributed by atoms with Gasteiger partial charge in [0.15, 0.2) is 0 Å². The van der Waals surface area contributed by atoms with Gasteiger partial charge in [-0.25, -0.2) is 0 Å². The average Bonchev–Trinajstić information content (AvgIpc) is 2.84. The first-order chi connectivity index (χ1) is 6.24. The molecule has 1 saturated carbocycles. The Kier molecular flexibility index (Phi) is 2.28. The highest BCUT2D eigenvalue weighted by molar-refractivity contribution is 5.76. The number of ether oxygens (including phenoxy) is 1. The lowest BCUT2D eigenvalue weighted by Crippen LogP contribution is -2.44. The van der Waals surface area contributed by atoms with Crippen LogP contribution in [0.25, 0.3) is 0 Å². The first-order valence-corrected chi connectivity index (χ1v) is 5.12. The van der Waals surface area contributed by atoms with E-state index >= 15 is 0 Å². The second kappa shape index (κ2) is 3.29. The number of likely N-dealkylation sites (tertiary alicyclic amines) is 1. The largest absolute Gasteiger partial charge is 0.465 e. The van der Waals surface area contributed by atoms with Crippen LogP contribution in [0.3, 0.4) is 0 Å². The number of fused-ring (bicyclic) bond motifs is 1. The van der Waals surface area contributed by atoms with Crippen LogP contribution in [0.15, 0.2) is 0 Å². The summed E-state index contributed by atoms with van der Waals surface area (Å²) < 4.78 is 5.04. The molecule has 0 N–H and O–H groups in total. The fourth-order valence-corrected chi connectivity index (χ4v) is 2.37. The van der Waals surface area contributed by atoms with E-state index in [1.807, 2.05) is 14.0 Å². The quantitative estimate of drug-likeness (QED) is 0.599. The smallest absolute Gasteiger partial charge is 0.323 e. The predicted octanol–water partition coefficient (Wildman–Crippen LogP) is 1.03. The van der Waals surface area contributed by atoms with E-state index in [9.17, 15) is 4.79 Å². The summed E-state index contributed by atoms with van der Waals surface area (Å²) in [4.78, 5) is 13.7. The van der Waals surface area contributed by atoms with Gasteiger partial charge in [-0.05, 0) is 39.2 Å². The number of esters is 1.